The van der Waals surface area contributed by atoms with Crippen molar-refractivity contribution in [2.75, 3.05) is 24.7 Å². The van der Waals surface area contributed by atoms with E-state index >= 15 is 0 Å². The highest BCUT2D eigenvalue weighted by molar-refractivity contribution is 14.2. The Hall–Kier alpha value is 1.78. The highest BCUT2D eigenvalue weighted by Gasteiger charge is 2.12. The molecule has 1 saturated heterocycles. The summed E-state index contributed by atoms with van der Waals surface area (Å²) >= 11 is 2.25. The maximum absolute atomic E-state index is 5.26. The lowest BCUT2D eigenvalue weighted by atomic mass is 10.2. The van der Waals surface area contributed by atoms with Crippen LogP contribution in [0.3, 0.4) is 0 Å². The molecule has 2 atom stereocenters. The maximum Gasteiger partial charge on any atom is 0.0794 e. The van der Waals surface area contributed by atoms with E-state index in [1.54, 1.807) is 0 Å². The Kier molecular flexibility index (Phi) is 8.02. The van der Waals surface area contributed by atoms with Crippen molar-refractivity contribution in [3.63, 3.8) is 0 Å². The van der Waals surface area contributed by atoms with E-state index in [4.69, 9.17) is 4.52 Å². The van der Waals surface area contributed by atoms with Gasteiger partial charge in [-0.3, -0.25) is 0 Å². The van der Waals surface area contributed by atoms with Crippen LogP contribution in [-0.4, -0.2) is 30.7 Å². The molecule has 0 aromatic rings. The van der Waals surface area contributed by atoms with Gasteiger partial charge in [0.15, 0.2) is 0 Å². The molecule has 0 spiro atoms. The second-order valence-corrected chi connectivity index (χ2v) is 6.86. The summed E-state index contributed by atoms with van der Waals surface area (Å²) in [5.41, 5.74) is 0. The summed E-state index contributed by atoms with van der Waals surface area (Å²) in [6.45, 7) is 2.46. The minimum Gasteiger partial charge on any atom is -0.350 e. The lowest BCUT2D eigenvalue weighted by Gasteiger charge is -2.21. The first-order chi connectivity index (χ1) is 5.93. The monoisotopic (exact) mass is 337 g/mol. The summed E-state index contributed by atoms with van der Waals surface area (Å²) in [7, 11) is 3.97. The molecule has 72 valence electrons. The van der Waals surface area contributed by atoms with Crippen LogP contribution in [0.4, 0.5) is 0 Å². The summed E-state index contributed by atoms with van der Waals surface area (Å²) < 4.78 is 5.26. The second kappa shape index (κ2) is 8.12. The molecule has 0 saturated carbocycles. The molecule has 0 aromatic heterocycles. The van der Waals surface area contributed by atoms with Crippen LogP contribution < -0.4 is 5.32 Å². The Balaban J connectivity index is 1.91. The van der Waals surface area contributed by atoms with Gasteiger partial charge in [0.25, 0.3) is 0 Å². The van der Waals surface area contributed by atoms with Crippen molar-refractivity contribution in [3.05, 3.63) is 0 Å². The van der Waals surface area contributed by atoms with Crippen LogP contribution in [0.5, 0.6) is 0 Å². The standard InChI is InChI=1S/C6H13INOPS2/c7-10-9-3-2-8-6-1-4-11-12-5-6/h6,8,10H,1-5H2/t6-/m0/s1. The summed E-state index contributed by atoms with van der Waals surface area (Å²) in [4.78, 5) is 0. The quantitative estimate of drug-likeness (QED) is 0.360. The van der Waals surface area contributed by atoms with Gasteiger partial charge < -0.3 is 9.84 Å². The maximum atomic E-state index is 5.26. The van der Waals surface area contributed by atoms with Gasteiger partial charge in [0.2, 0.25) is 0 Å². The van der Waals surface area contributed by atoms with E-state index in [0.717, 1.165) is 19.2 Å². The topological polar surface area (TPSA) is 21.3 Å². The van der Waals surface area contributed by atoms with Gasteiger partial charge in [-0.05, 0) is 28.5 Å². The van der Waals surface area contributed by atoms with Crippen molar-refractivity contribution in [2.45, 2.75) is 12.5 Å². The van der Waals surface area contributed by atoms with Gasteiger partial charge in [-0.25, -0.2) is 0 Å². The Labute approximate surface area is 96.5 Å². The van der Waals surface area contributed by atoms with Crippen molar-refractivity contribution >= 4 is 50.1 Å². The first-order valence-electron chi connectivity index (χ1n) is 3.88. The summed E-state index contributed by atoms with van der Waals surface area (Å²) in [6, 6.07) is 0.720. The predicted octanol–water partition coefficient (Wildman–Crippen LogP) is 2.69. The van der Waals surface area contributed by atoms with Crippen LogP contribution in [0.15, 0.2) is 0 Å². The van der Waals surface area contributed by atoms with Crippen LogP contribution in [-0.2, 0) is 4.52 Å². The van der Waals surface area contributed by atoms with E-state index in [9.17, 15) is 0 Å². The number of hydrogen-bond acceptors (Lipinski definition) is 4. The highest BCUT2D eigenvalue weighted by atomic mass is 127. The molecule has 1 unspecified atom stereocenters. The third kappa shape index (κ3) is 5.50. The van der Waals surface area contributed by atoms with Gasteiger partial charge in [0, 0.05) is 24.1 Å². The van der Waals surface area contributed by atoms with Gasteiger partial charge in [-0.1, -0.05) is 21.6 Å². The first kappa shape index (κ1) is 11.9. The fourth-order valence-corrected chi connectivity index (χ4v) is 4.28. The van der Waals surface area contributed by atoms with Crippen molar-refractivity contribution in [2.24, 2.45) is 0 Å². The second-order valence-electron chi connectivity index (χ2n) is 2.47. The molecule has 1 rings (SSSR count). The zero-order valence-corrected chi connectivity index (χ0v) is 11.5. The summed E-state index contributed by atoms with van der Waals surface area (Å²) in [5, 5.41) is 3.50. The minimum atomic E-state index is 0.597. The molecule has 1 heterocycles. The molecule has 2 nitrogen and oxygen atoms in total. The molecule has 0 amide bonds. The molecule has 0 aliphatic carbocycles. The van der Waals surface area contributed by atoms with E-state index in [1.165, 1.54) is 17.9 Å². The first-order valence-corrected chi connectivity index (χ1v) is 10.4. The number of rotatable bonds is 5. The Bertz CT molecular complexity index is 116. The molecule has 1 aliphatic rings. The van der Waals surface area contributed by atoms with E-state index < -0.39 is 0 Å². The SMILES string of the molecule is IPOCCN[C@H]1CCSSC1. The number of nitrogens with one attached hydrogen (secondary N) is 1. The lowest BCUT2D eigenvalue weighted by Crippen LogP contribution is -2.35. The summed E-state index contributed by atoms with van der Waals surface area (Å²) in [6.07, 6.45) is 1.31. The molecule has 0 bridgehead atoms. The Morgan fingerprint density at radius 1 is 1.58 bits per heavy atom. The molecular weight excluding hydrogens is 324 g/mol. The lowest BCUT2D eigenvalue weighted by molar-refractivity contribution is 0.352. The predicted molar refractivity (Wildman–Crippen MR) is 69.6 cm³/mol. The largest absolute Gasteiger partial charge is 0.350 e. The van der Waals surface area contributed by atoms with Crippen LogP contribution >= 0.6 is 50.1 Å². The molecule has 1 fully saturated rings. The molecule has 0 radical (unpaired) electrons. The van der Waals surface area contributed by atoms with Crippen molar-refractivity contribution in [1.82, 2.24) is 5.32 Å². The van der Waals surface area contributed by atoms with E-state index in [-0.39, 0.29) is 0 Å². The van der Waals surface area contributed by atoms with Crippen LogP contribution in [0.2, 0.25) is 0 Å². The highest BCUT2D eigenvalue weighted by Crippen LogP contribution is 2.29. The van der Waals surface area contributed by atoms with Crippen LogP contribution in [0.25, 0.3) is 0 Å². The molecular formula is C6H13INOPS2. The Morgan fingerprint density at radius 2 is 2.50 bits per heavy atom. The number of hydrogen-bond donors (Lipinski definition) is 1. The van der Waals surface area contributed by atoms with Gasteiger partial charge in [-0.2, -0.15) is 0 Å². The van der Waals surface area contributed by atoms with Gasteiger partial charge >= 0.3 is 0 Å². The van der Waals surface area contributed by atoms with E-state index in [2.05, 4.69) is 27.4 Å². The zero-order chi connectivity index (χ0) is 8.65. The molecule has 0 aromatic carbocycles. The van der Waals surface area contributed by atoms with Gasteiger partial charge in [-0.15, -0.1) is 0 Å². The van der Waals surface area contributed by atoms with Gasteiger partial charge in [0.1, 0.15) is 0 Å². The van der Waals surface area contributed by atoms with Crippen LogP contribution in [0.1, 0.15) is 6.42 Å². The fourth-order valence-electron chi connectivity index (χ4n) is 0.977. The molecule has 12 heavy (non-hydrogen) atoms. The van der Waals surface area contributed by atoms with Gasteiger partial charge in [0.05, 0.1) is 13.1 Å². The average molecular weight is 337 g/mol. The zero-order valence-electron chi connectivity index (χ0n) is 6.72. The number of halogens is 1. The summed E-state index contributed by atoms with van der Waals surface area (Å²) in [5.74, 6) is 2.54. The molecule has 1 aliphatic heterocycles. The minimum absolute atomic E-state index is 0.597. The van der Waals surface area contributed by atoms with Crippen molar-refractivity contribution in [3.8, 4) is 0 Å². The normalized spacial score (nSPS) is 25.2. The van der Waals surface area contributed by atoms with Crippen LogP contribution in [0, 0.1) is 0 Å². The fraction of sp³-hybridized carbons (Fsp3) is 1.00. The molecule has 6 heteroatoms. The van der Waals surface area contributed by atoms with E-state index in [0.29, 0.717) is 6.45 Å². The third-order valence-corrected chi connectivity index (χ3v) is 5.36. The molecule has 1 N–H and O–H groups in total. The third-order valence-electron chi connectivity index (χ3n) is 1.59. The smallest absolute Gasteiger partial charge is 0.0794 e. The van der Waals surface area contributed by atoms with Crippen molar-refractivity contribution < 1.29 is 4.52 Å². The Morgan fingerprint density at radius 3 is 3.17 bits per heavy atom. The van der Waals surface area contributed by atoms with E-state index in [1.807, 2.05) is 21.6 Å². The average Bonchev–Trinajstić information content (AvgIpc) is 2.14. The van der Waals surface area contributed by atoms with Crippen molar-refractivity contribution in [1.29, 1.82) is 0 Å².